The molecule has 1 aliphatic heterocycles. The minimum absolute atomic E-state index is 0.350. The van der Waals surface area contributed by atoms with Gasteiger partial charge in [0, 0.05) is 19.1 Å². The first-order valence-corrected chi connectivity index (χ1v) is 4.92. The molecular weight excluding hydrogens is 176 g/mol. The third-order valence-electron chi connectivity index (χ3n) is 2.96. The molecule has 1 aromatic carbocycles. The average molecular weight is 192 g/mol. The van der Waals surface area contributed by atoms with Gasteiger partial charge in [-0.15, -0.1) is 0 Å². The molecule has 14 heavy (non-hydrogen) atoms. The topological polar surface area (TPSA) is 49.5 Å². The summed E-state index contributed by atoms with van der Waals surface area (Å²) in [6.07, 6.45) is 0.989. The van der Waals surface area contributed by atoms with Gasteiger partial charge >= 0.3 is 0 Å². The van der Waals surface area contributed by atoms with Crippen LogP contribution >= 0.6 is 0 Å². The molecule has 1 atom stereocenters. The smallest absolute Gasteiger partial charge is 0.115 e. The van der Waals surface area contributed by atoms with Crippen molar-refractivity contribution in [2.75, 3.05) is 13.6 Å². The third kappa shape index (κ3) is 1.61. The van der Waals surface area contributed by atoms with Crippen molar-refractivity contribution < 1.29 is 5.11 Å². The molecule has 3 N–H and O–H groups in total. The number of hydrogen-bond acceptors (Lipinski definition) is 3. The van der Waals surface area contributed by atoms with E-state index in [1.165, 1.54) is 11.1 Å². The molecule has 0 aromatic heterocycles. The second-order valence-electron chi connectivity index (χ2n) is 3.96. The van der Waals surface area contributed by atoms with Crippen LogP contribution in [0, 0.1) is 0 Å². The van der Waals surface area contributed by atoms with Gasteiger partial charge in [0.05, 0.1) is 0 Å². The number of benzene rings is 1. The highest BCUT2D eigenvalue weighted by Crippen LogP contribution is 2.24. The number of aromatic hydroxyl groups is 1. The lowest BCUT2D eigenvalue weighted by molar-refractivity contribution is 0.220. The van der Waals surface area contributed by atoms with Crippen LogP contribution in [0.4, 0.5) is 0 Å². The quantitative estimate of drug-likeness (QED) is 0.689. The molecule has 0 saturated carbocycles. The van der Waals surface area contributed by atoms with Crippen LogP contribution < -0.4 is 5.73 Å². The molecule has 0 radical (unpaired) electrons. The summed E-state index contributed by atoms with van der Waals surface area (Å²) >= 11 is 0. The van der Waals surface area contributed by atoms with Crippen molar-refractivity contribution in [3.8, 4) is 5.75 Å². The SMILES string of the molecule is CN1Cc2cc(O)ccc2CC1CN. The van der Waals surface area contributed by atoms with Gasteiger partial charge in [-0.3, -0.25) is 4.90 Å². The monoisotopic (exact) mass is 192 g/mol. The van der Waals surface area contributed by atoms with Gasteiger partial charge in [0.15, 0.2) is 0 Å². The lowest BCUT2D eigenvalue weighted by Crippen LogP contribution is -2.42. The Morgan fingerprint density at radius 1 is 1.50 bits per heavy atom. The molecule has 0 spiro atoms. The zero-order chi connectivity index (χ0) is 10.1. The van der Waals surface area contributed by atoms with Gasteiger partial charge in [0.25, 0.3) is 0 Å². The highest BCUT2D eigenvalue weighted by Gasteiger charge is 2.21. The van der Waals surface area contributed by atoms with Crippen molar-refractivity contribution >= 4 is 0 Å². The van der Waals surface area contributed by atoms with Crippen molar-refractivity contribution in [3.63, 3.8) is 0 Å². The van der Waals surface area contributed by atoms with Gasteiger partial charge in [-0.1, -0.05) is 6.07 Å². The van der Waals surface area contributed by atoms with Crippen LogP contribution in [-0.4, -0.2) is 29.6 Å². The first-order chi connectivity index (χ1) is 6.70. The number of phenols is 1. The zero-order valence-corrected chi connectivity index (χ0v) is 8.40. The molecule has 0 saturated heterocycles. The van der Waals surface area contributed by atoms with Crippen LogP contribution in [0.5, 0.6) is 5.75 Å². The lowest BCUT2D eigenvalue weighted by Gasteiger charge is -2.33. The average Bonchev–Trinajstić information content (AvgIpc) is 2.16. The highest BCUT2D eigenvalue weighted by molar-refractivity contribution is 5.36. The van der Waals surface area contributed by atoms with Gasteiger partial charge in [0.2, 0.25) is 0 Å². The number of nitrogens with two attached hydrogens (primary N) is 1. The summed E-state index contributed by atoms with van der Waals surface area (Å²) in [6.45, 7) is 1.57. The summed E-state index contributed by atoms with van der Waals surface area (Å²) in [6, 6.07) is 6.03. The molecule has 1 unspecified atom stereocenters. The van der Waals surface area contributed by atoms with E-state index in [1.807, 2.05) is 12.1 Å². The molecule has 76 valence electrons. The van der Waals surface area contributed by atoms with Crippen LogP contribution in [0.2, 0.25) is 0 Å². The fourth-order valence-electron chi connectivity index (χ4n) is 2.03. The lowest BCUT2D eigenvalue weighted by atomic mass is 9.94. The second-order valence-corrected chi connectivity index (χ2v) is 3.96. The van der Waals surface area contributed by atoms with Crippen LogP contribution in [-0.2, 0) is 13.0 Å². The Labute approximate surface area is 84.1 Å². The summed E-state index contributed by atoms with van der Waals surface area (Å²) in [7, 11) is 2.07. The fraction of sp³-hybridized carbons (Fsp3) is 0.455. The molecule has 0 amide bonds. The molecule has 0 bridgehead atoms. The van der Waals surface area contributed by atoms with Gasteiger partial charge in [-0.05, 0) is 36.7 Å². The Morgan fingerprint density at radius 2 is 2.29 bits per heavy atom. The Morgan fingerprint density at radius 3 is 3.00 bits per heavy atom. The van der Waals surface area contributed by atoms with Crippen LogP contribution in [0.3, 0.4) is 0 Å². The summed E-state index contributed by atoms with van der Waals surface area (Å²) in [5, 5.41) is 9.35. The Hall–Kier alpha value is -1.06. The number of nitrogens with zero attached hydrogens (tertiary/aromatic N) is 1. The molecule has 0 aliphatic carbocycles. The van der Waals surface area contributed by atoms with E-state index in [9.17, 15) is 5.11 Å². The molecular formula is C11H16N2O. The van der Waals surface area contributed by atoms with Crippen molar-refractivity contribution in [1.29, 1.82) is 0 Å². The van der Waals surface area contributed by atoms with Crippen molar-refractivity contribution in [3.05, 3.63) is 29.3 Å². The van der Waals surface area contributed by atoms with Crippen LogP contribution in [0.15, 0.2) is 18.2 Å². The van der Waals surface area contributed by atoms with Crippen molar-refractivity contribution in [1.82, 2.24) is 4.90 Å². The number of likely N-dealkylation sites (N-methyl/N-ethyl adjacent to an activating group) is 1. The summed E-state index contributed by atoms with van der Waals surface area (Å²) < 4.78 is 0. The fourth-order valence-corrected chi connectivity index (χ4v) is 2.03. The predicted octanol–water partition coefficient (Wildman–Crippen LogP) is 0.707. The summed E-state index contributed by atoms with van der Waals surface area (Å²) in [5.74, 6) is 0.350. The number of phenolic OH excluding ortho intramolecular Hbond substituents is 1. The first kappa shape index (κ1) is 9.49. The maximum absolute atomic E-state index is 9.35. The van der Waals surface area contributed by atoms with E-state index in [-0.39, 0.29) is 0 Å². The largest absolute Gasteiger partial charge is 0.508 e. The first-order valence-electron chi connectivity index (χ1n) is 4.92. The van der Waals surface area contributed by atoms with Gasteiger partial charge < -0.3 is 10.8 Å². The van der Waals surface area contributed by atoms with E-state index in [4.69, 9.17) is 5.73 Å². The Kier molecular flexibility index (Phi) is 2.44. The Bertz CT molecular complexity index is 338. The maximum atomic E-state index is 9.35. The van der Waals surface area contributed by atoms with Gasteiger partial charge in [0.1, 0.15) is 5.75 Å². The molecule has 0 fully saturated rings. The molecule has 1 heterocycles. The Balaban J connectivity index is 2.30. The van der Waals surface area contributed by atoms with Crippen LogP contribution in [0.25, 0.3) is 0 Å². The van der Waals surface area contributed by atoms with E-state index in [1.54, 1.807) is 6.07 Å². The summed E-state index contributed by atoms with van der Waals surface area (Å²) in [4.78, 5) is 2.24. The normalized spacial score (nSPS) is 22.0. The van der Waals surface area contributed by atoms with Crippen LogP contribution in [0.1, 0.15) is 11.1 Å². The molecule has 3 heteroatoms. The minimum atomic E-state index is 0.350. The van der Waals surface area contributed by atoms with E-state index in [0.29, 0.717) is 18.3 Å². The van der Waals surface area contributed by atoms with Gasteiger partial charge in [-0.25, -0.2) is 0 Å². The van der Waals surface area contributed by atoms with E-state index >= 15 is 0 Å². The minimum Gasteiger partial charge on any atom is -0.508 e. The standard InChI is InChI=1S/C11H16N2O/c1-13-7-9-5-11(14)3-2-8(9)4-10(13)6-12/h2-3,5,10,14H,4,6-7,12H2,1H3. The summed E-state index contributed by atoms with van der Waals surface area (Å²) in [5.41, 5.74) is 8.23. The molecule has 3 nitrogen and oxygen atoms in total. The predicted molar refractivity (Wildman–Crippen MR) is 56.1 cm³/mol. The number of fused-ring (bicyclic) bond motifs is 1. The molecule has 1 aromatic rings. The van der Waals surface area contributed by atoms with E-state index < -0.39 is 0 Å². The van der Waals surface area contributed by atoms with E-state index in [0.717, 1.165) is 13.0 Å². The maximum Gasteiger partial charge on any atom is 0.115 e. The second kappa shape index (κ2) is 3.59. The zero-order valence-electron chi connectivity index (χ0n) is 8.40. The number of hydrogen-bond donors (Lipinski definition) is 2. The number of rotatable bonds is 1. The highest BCUT2D eigenvalue weighted by atomic mass is 16.3. The van der Waals surface area contributed by atoms with E-state index in [2.05, 4.69) is 11.9 Å². The van der Waals surface area contributed by atoms with Crippen molar-refractivity contribution in [2.24, 2.45) is 5.73 Å². The van der Waals surface area contributed by atoms with Gasteiger partial charge in [-0.2, -0.15) is 0 Å². The molecule has 2 rings (SSSR count). The molecule has 1 aliphatic rings. The van der Waals surface area contributed by atoms with Crippen molar-refractivity contribution in [2.45, 2.75) is 19.0 Å². The third-order valence-corrected chi connectivity index (χ3v) is 2.96.